The van der Waals surface area contributed by atoms with Gasteiger partial charge < -0.3 is 4.90 Å². The van der Waals surface area contributed by atoms with Crippen molar-refractivity contribution >= 4 is 0 Å². The standard InChI is InChI=1S/C8H15N/c1-5-8(3)7-9(4)6-2/h5H,1,3,6-7H2,2,4H3. The summed E-state index contributed by atoms with van der Waals surface area (Å²) in [4.78, 5) is 2.18. The maximum Gasteiger partial charge on any atom is 0.0224 e. The molecule has 52 valence electrons. The highest BCUT2D eigenvalue weighted by atomic mass is 15.1. The maximum atomic E-state index is 3.80. The number of likely N-dealkylation sites (N-methyl/N-ethyl adjacent to an activating group) is 1. The van der Waals surface area contributed by atoms with Gasteiger partial charge in [0.2, 0.25) is 0 Å². The summed E-state index contributed by atoms with van der Waals surface area (Å²) in [6, 6.07) is 0. The van der Waals surface area contributed by atoms with Gasteiger partial charge in [-0.1, -0.05) is 26.2 Å². The van der Waals surface area contributed by atoms with Crippen LogP contribution in [0.2, 0.25) is 0 Å². The lowest BCUT2D eigenvalue weighted by Gasteiger charge is -2.12. The zero-order valence-corrected chi connectivity index (χ0v) is 6.35. The first-order valence-corrected chi connectivity index (χ1v) is 3.19. The molecule has 0 unspecified atom stereocenters. The van der Waals surface area contributed by atoms with E-state index in [0.29, 0.717) is 0 Å². The van der Waals surface area contributed by atoms with Crippen LogP contribution in [0.5, 0.6) is 0 Å². The summed E-state index contributed by atoms with van der Waals surface area (Å²) in [5, 5.41) is 0. The van der Waals surface area contributed by atoms with Crippen molar-refractivity contribution in [2.45, 2.75) is 6.92 Å². The normalized spacial score (nSPS) is 9.67. The van der Waals surface area contributed by atoms with E-state index in [1.807, 2.05) is 0 Å². The van der Waals surface area contributed by atoms with Crippen molar-refractivity contribution in [3.8, 4) is 0 Å². The molecule has 0 aromatic rings. The molecule has 0 rings (SSSR count). The zero-order valence-electron chi connectivity index (χ0n) is 6.35. The fourth-order valence-electron chi connectivity index (χ4n) is 0.523. The minimum absolute atomic E-state index is 0.931. The van der Waals surface area contributed by atoms with E-state index in [2.05, 4.69) is 32.0 Å². The van der Waals surface area contributed by atoms with Crippen LogP contribution in [0.15, 0.2) is 24.8 Å². The Kier molecular flexibility index (Phi) is 4.06. The minimum atomic E-state index is 0.931. The van der Waals surface area contributed by atoms with E-state index in [-0.39, 0.29) is 0 Å². The predicted molar refractivity (Wildman–Crippen MR) is 42.5 cm³/mol. The van der Waals surface area contributed by atoms with Crippen molar-refractivity contribution in [1.82, 2.24) is 4.90 Å². The van der Waals surface area contributed by atoms with E-state index >= 15 is 0 Å². The van der Waals surface area contributed by atoms with Crippen molar-refractivity contribution in [2.75, 3.05) is 20.1 Å². The molecular weight excluding hydrogens is 110 g/mol. The summed E-state index contributed by atoms with van der Waals surface area (Å²) < 4.78 is 0. The quantitative estimate of drug-likeness (QED) is 0.517. The van der Waals surface area contributed by atoms with E-state index in [4.69, 9.17) is 0 Å². The molecule has 0 aliphatic heterocycles. The van der Waals surface area contributed by atoms with Gasteiger partial charge in [0, 0.05) is 6.54 Å². The summed E-state index contributed by atoms with van der Waals surface area (Å²) in [6.07, 6.45) is 1.80. The van der Waals surface area contributed by atoms with E-state index in [9.17, 15) is 0 Å². The molecule has 0 saturated carbocycles. The molecule has 0 aliphatic rings. The van der Waals surface area contributed by atoms with Crippen LogP contribution in [0.1, 0.15) is 6.92 Å². The third-order valence-corrected chi connectivity index (χ3v) is 1.30. The zero-order chi connectivity index (χ0) is 7.28. The lowest BCUT2D eigenvalue weighted by molar-refractivity contribution is 0.387. The Labute approximate surface area is 57.7 Å². The third kappa shape index (κ3) is 3.98. The Morgan fingerprint density at radius 1 is 1.67 bits per heavy atom. The molecule has 1 heteroatoms. The fourth-order valence-corrected chi connectivity index (χ4v) is 0.523. The van der Waals surface area contributed by atoms with E-state index in [1.54, 1.807) is 6.08 Å². The van der Waals surface area contributed by atoms with Crippen molar-refractivity contribution < 1.29 is 0 Å². The van der Waals surface area contributed by atoms with Crippen molar-refractivity contribution in [1.29, 1.82) is 0 Å². The molecule has 0 aromatic carbocycles. The molecule has 0 aliphatic carbocycles. The second-order valence-electron chi connectivity index (χ2n) is 2.19. The molecule has 0 fully saturated rings. The number of hydrogen-bond acceptors (Lipinski definition) is 1. The van der Waals surface area contributed by atoms with Gasteiger partial charge in [0.15, 0.2) is 0 Å². The van der Waals surface area contributed by atoms with E-state index in [0.717, 1.165) is 18.7 Å². The van der Waals surface area contributed by atoms with Gasteiger partial charge in [-0.25, -0.2) is 0 Å². The van der Waals surface area contributed by atoms with Gasteiger partial charge in [0.1, 0.15) is 0 Å². The third-order valence-electron chi connectivity index (χ3n) is 1.30. The van der Waals surface area contributed by atoms with Gasteiger partial charge in [-0.15, -0.1) is 0 Å². The van der Waals surface area contributed by atoms with Gasteiger partial charge in [-0.3, -0.25) is 0 Å². The molecule has 0 bridgehead atoms. The second-order valence-corrected chi connectivity index (χ2v) is 2.19. The SMILES string of the molecule is C=CC(=C)CN(C)CC. The van der Waals surface area contributed by atoms with Crippen LogP contribution >= 0.6 is 0 Å². The Morgan fingerprint density at radius 2 is 2.22 bits per heavy atom. The van der Waals surface area contributed by atoms with Crippen LogP contribution in [0.3, 0.4) is 0 Å². The summed E-state index contributed by atoms with van der Waals surface area (Å²) in [5.74, 6) is 0. The van der Waals surface area contributed by atoms with Crippen molar-refractivity contribution in [3.63, 3.8) is 0 Å². The van der Waals surface area contributed by atoms with Crippen LogP contribution < -0.4 is 0 Å². The van der Waals surface area contributed by atoms with Crippen LogP contribution in [-0.4, -0.2) is 25.0 Å². The predicted octanol–water partition coefficient (Wildman–Crippen LogP) is 1.68. The Morgan fingerprint density at radius 3 is 2.56 bits per heavy atom. The largest absolute Gasteiger partial charge is 0.302 e. The van der Waals surface area contributed by atoms with Gasteiger partial charge in [-0.2, -0.15) is 0 Å². The van der Waals surface area contributed by atoms with Crippen LogP contribution in [0.25, 0.3) is 0 Å². The molecule has 1 nitrogen and oxygen atoms in total. The summed E-state index contributed by atoms with van der Waals surface area (Å²) in [6.45, 7) is 11.5. The molecule has 0 spiro atoms. The Balaban J connectivity index is 3.46. The summed E-state index contributed by atoms with van der Waals surface area (Å²) >= 11 is 0. The Hall–Kier alpha value is -0.560. The molecule has 0 atom stereocenters. The lowest BCUT2D eigenvalue weighted by atomic mass is 10.3. The number of nitrogens with zero attached hydrogens (tertiary/aromatic N) is 1. The smallest absolute Gasteiger partial charge is 0.0224 e. The molecule has 0 heterocycles. The summed E-state index contributed by atoms with van der Waals surface area (Å²) in [7, 11) is 2.06. The molecule has 0 amide bonds. The molecule has 0 saturated heterocycles. The van der Waals surface area contributed by atoms with Crippen molar-refractivity contribution in [3.05, 3.63) is 24.8 Å². The van der Waals surface area contributed by atoms with Crippen LogP contribution in [-0.2, 0) is 0 Å². The fraction of sp³-hybridized carbons (Fsp3) is 0.500. The first kappa shape index (κ1) is 8.44. The lowest BCUT2D eigenvalue weighted by Crippen LogP contribution is -2.19. The molecule has 0 N–H and O–H groups in total. The summed E-state index contributed by atoms with van der Waals surface area (Å²) in [5.41, 5.74) is 1.08. The first-order chi connectivity index (χ1) is 4.20. The van der Waals surface area contributed by atoms with Gasteiger partial charge in [-0.05, 0) is 19.2 Å². The maximum absolute atomic E-state index is 3.80. The van der Waals surface area contributed by atoms with Gasteiger partial charge in [0.05, 0.1) is 0 Å². The highest BCUT2D eigenvalue weighted by Crippen LogP contribution is 1.93. The average molecular weight is 125 g/mol. The van der Waals surface area contributed by atoms with Crippen LogP contribution in [0, 0.1) is 0 Å². The van der Waals surface area contributed by atoms with Gasteiger partial charge in [0.25, 0.3) is 0 Å². The van der Waals surface area contributed by atoms with E-state index < -0.39 is 0 Å². The molecule has 0 radical (unpaired) electrons. The minimum Gasteiger partial charge on any atom is -0.302 e. The number of hydrogen-bond donors (Lipinski definition) is 0. The number of rotatable bonds is 4. The average Bonchev–Trinajstić information content (AvgIpc) is 1.87. The van der Waals surface area contributed by atoms with Crippen LogP contribution in [0.4, 0.5) is 0 Å². The van der Waals surface area contributed by atoms with Gasteiger partial charge >= 0.3 is 0 Å². The highest BCUT2D eigenvalue weighted by Gasteiger charge is 1.92. The Bertz CT molecular complexity index is 105. The molecule has 9 heavy (non-hydrogen) atoms. The molecular formula is C8H15N. The van der Waals surface area contributed by atoms with Crippen molar-refractivity contribution in [2.24, 2.45) is 0 Å². The second kappa shape index (κ2) is 4.33. The topological polar surface area (TPSA) is 3.24 Å². The molecule has 0 aromatic heterocycles. The highest BCUT2D eigenvalue weighted by molar-refractivity contribution is 5.12. The van der Waals surface area contributed by atoms with E-state index in [1.165, 1.54) is 0 Å². The monoisotopic (exact) mass is 125 g/mol. The first-order valence-electron chi connectivity index (χ1n) is 3.19.